The highest BCUT2D eigenvalue weighted by Gasteiger charge is 2.08. The third kappa shape index (κ3) is 10.2. The van der Waals surface area contributed by atoms with Gasteiger partial charge in [-0.15, -0.1) is 0 Å². The molecule has 0 aromatic heterocycles. The van der Waals surface area contributed by atoms with E-state index in [4.69, 9.17) is 0 Å². The average molecular weight is 218 g/mol. The molecule has 0 aromatic carbocycles. The highest BCUT2D eigenvalue weighted by Crippen LogP contribution is 2.13. The van der Waals surface area contributed by atoms with Gasteiger partial charge in [0.05, 0.1) is 0 Å². The summed E-state index contributed by atoms with van der Waals surface area (Å²) >= 11 is 0. The van der Waals surface area contributed by atoms with Crippen molar-refractivity contribution in [3.63, 3.8) is 0 Å². The second-order valence-electron chi connectivity index (χ2n) is 4.30. The largest absolute Gasteiger partial charge is 0.318 e. The topological polar surface area (TPSA) is 0 Å². The van der Waals surface area contributed by atoms with E-state index in [-0.39, 0.29) is 0 Å². The Kier molecular flexibility index (Phi) is 11.3. The van der Waals surface area contributed by atoms with Crippen LogP contribution >= 0.6 is 0 Å². The molecule has 0 N–H and O–H groups in total. The lowest BCUT2D eigenvalue weighted by Gasteiger charge is -2.05. The number of hydrogen-bond donors (Lipinski definition) is 0. The van der Waals surface area contributed by atoms with Crippen molar-refractivity contribution in [3.05, 3.63) is 0 Å². The summed E-state index contributed by atoms with van der Waals surface area (Å²) in [5, 5.41) is 0. The van der Waals surface area contributed by atoms with Crippen molar-refractivity contribution in [3.8, 4) is 0 Å². The number of unbranched alkanes of at least 4 members (excludes halogenated alkanes) is 6. The molecule has 0 fully saturated rings. The van der Waals surface area contributed by atoms with Crippen LogP contribution in [-0.4, -0.2) is 9.13 Å². The molecule has 0 saturated carbocycles. The predicted molar refractivity (Wildman–Crippen MR) is 66.2 cm³/mol. The van der Waals surface area contributed by atoms with Gasteiger partial charge in [0.2, 0.25) is 9.13 Å². The summed E-state index contributed by atoms with van der Waals surface area (Å²) in [5.41, 5.74) is 0. The molecule has 0 rings (SSSR count). The first kappa shape index (κ1) is 14.1. The van der Waals surface area contributed by atoms with Crippen molar-refractivity contribution in [2.45, 2.75) is 77.3 Å². The molecular weight excluding hydrogens is 191 g/mol. The summed E-state index contributed by atoms with van der Waals surface area (Å²) < 4.78 is 13.4. The monoisotopic (exact) mass is 218 g/mol. The lowest BCUT2D eigenvalue weighted by molar-refractivity contribution is 0.660. The van der Waals surface area contributed by atoms with Crippen LogP contribution in [0.3, 0.4) is 0 Å². The Morgan fingerprint density at radius 1 is 0.714 bits per heavy atom. The molecule has 0 aliphatic heterocycles. The lowest BCUT2D eigenvalue weighted by atomic mass is 10.2. The SMILES string of the molecule is CCCCCC[SiH](F)CCCCCC. The molecule has 0 aliphatic carbocycles. The average Bonchev–Trinajstić information content (AvgIpc) is 2.19. The molecule has 0 saturated heterocycles. The molecule has 0 radical (unpaired) electrons. The van der Waals surface area contributed by atoms with Gasteiger partial charge >= 0.3 is 0 Å². The van der Waals surface area contributed by atoms with Crippen LogP contribution in [0.4, 0.5) is 4.11 Å². The maximum atomic E-state index is 13.4. The van der Waals surface area contributed by atoms with Gasteiger partial charge in [-0.05, 0) is 12.1 Å². The summed E-state index contributed by atoms with van der Waals surface area (Å²) in [5.74, 6) is 0. The van der Waals surface area contributed by atoms with Crippen LogP contribution in [0.25, 0.3) is 0 Å². The molecule has 0 atom stereocenters. The molecular formula is C12H27FSi. The quantitative estimate of drug-likeness (QED) is 0.280. The second-order valence-corrected chi connectivity index (χ2v) is 6.65. The van der Waals surface area contributed by atoms with E-state index >= 15 is 0 Å². The summed E-state index contributed by atoms with van der Waals surface area (Å²) in [6, 6.07) is 1.87. The lowest BCUT2D eigenvalue weighted by Crippen LogP contribution is -2.04. The van der Waals surface area contributed by atoms with Crippen LogP contribution in [0.15, 0.2) is 0 Å². The van der Waals surface area contributed by atoms with Gasteiger partial charge in [-0.25, -0.2) is 0 Å². The van der Waals surface area contributed by atoms with Gasteiger partial charge < -0.3 is 4.11 Å². The van der Waals surface area contributed by atoms with E-state index in [0.29, 0.717) is 0 Å². The van der Waals surface area contributed by atoms with Crippen molar-refractivity contribution in [1.29, 1.82) is 0 Å². The third-order valence-corrected chi connectivity index (χ3v) is 4.81. The van der Waals surface area contributed by atoms with E-state index in [0.717, 1.165) is 24.9 Å². The Labute approximate surface area is 91.1 Å². The molecule has 0 aromatic rings. The van der Waals surface area contributed by atoms with Gasteiger partial charge in [-0.3, -0.25) is 0 Å². The summed E-state index contributed by atoms with van der Waals surface area (Å²) in [6.45, 7) is 4.41. The maximum Gasteiger partial charge on any atom is 0.231 e. The van der Waals surface area contributed by atoms with E-state index in [1.54, 1.807) is 0 Å². The molecule has 0 heterocycles. The first-order valence-corrected chi connectivity index (χ1v) is 8.52. The number of rotatable bonds is 10. The van der Waals surface area contributed by atoms with E-state index < -0.39 is 9.13 Å². The molecule has 0 spiro atoms. The highest BCUT2D eigenvalue weighted by atomic mass is 28.3. The molecule has 0 unspecified atom stereocenters. The minimum atomic E-state index is -1.79. The Balaban J connectivity index is 3.07. The van der Waals surface area contributed by atoms with Gasteiger partial charge in [0.25, 0.3) is 0 Å². The fourth-order valence-electron chi connectivity index (χ4n) is 1.73. The van der Waals surface area contributed by atoms with Crippen LogP contribution in [0.1, 0.15) is 65.2 Å². The van der Waals surface area contributed by atoms with Gasteiger partial charge in [-0.2, -0.15) is 0 Å². The molecule has 86 valence electrons. The second kappa shape index (κ2) is 11.2. The van der Waals surface area contributed by atoms with Crippen molar-refractivity contribution in [2.24, 2.45) is 0 Å². The highest BCUT2D eigenvalue weighted by molar-refractivity contribution is 6.50. The van der Waals surface area contributed by atoms with E-state index in [1.807, 2.05) is 0 Å². The van der Waals surface area contributed by atoms with Gasteiger partial charge in [0, 0.05) is 0 Å². The molecule has 0 nitrogen and oxygen atoms in total. The molecule has 0 aliphatic rings. The summed E-state index contributed by atoms with van der Waals surface area (Å²) in [4.78, 5) is 0. The minimum absolute atomic E-state index is 0.937. The smallest absolute Gasteiger partial charge is 0.231 e. The van der Waals surface area contributed by atoms with Crippen molar-refractivity contribution >= 4 is 9.13 Å². The van der Waals surface area contributed by atoms with Crippen molar-refractivity contribution in [1.82, 2.24) is 0 Å². The summed E-state index contributed by atoms with van der Waals surface area (Å²) in [7, 11) is -1.79. The van der Waals surface area contributed by atoms with Crippen LogP contribution in [-0.2, 0) is 0 Å². The third-order valence-electron chi connectivity index (χ3n) is 2.74. The fraction of sp³-hybridized carbons (Fsp3) is 1.00. The zero-order chi connectivity index (χ0) is 10.6. The van der Waals surface area contributed by atoms with Crippen molar-refractivity contribution < 1.29 is 4.11 Å². The van der Waals surface area contributed by atoms with Crippen LogP contribution < -0.4 is 0 Å². The van der Waals surface area contributed by atoms with Crippen LogP contribution in [0.2, 0.25) is 12.1 Å². The first-order valence-electron chi connectivity index (χ1n) is 6.45. The van der Waals surface area contributed by atoms with E-state index in [2.05, 4.69) is 13.8 Å². The molecule has 2 heteroatoms. The predicted octanol–water partition coefficient (Wildman–Crippen LogP) is 4.84. The zero-order valence-corrected chi connectivity index (χ0v) is 11.2. The zero-order valence-electron chi connectivity index (χ0n) is 10.0. The van der Waals surface area contributed by atoms with E-state index in [1.165, 1.54) is 38.5 Å². The first-order chi connectivity index (χ1) is 6.81. The molecule has 14 heavy (non-hydrogen) atoms. The van der Waals surface area contributed by atoms with Crippen LogP contribution in [0, 0.1) is 0 Å². The van der Waals surface area contributed by atoms with E-state index in [9.17, 15) is 4.11 Å². The maximum absolute atomic E-state index is 13.4. The Morgan fingerprint density at radius 3 is 1.50 bits per heavy atom. The number of hydrogen-bond acceptors (Lipinski definition) is 0. The Bertz CT molecular complexity index is 94.5. The number of halogens is 1. The summed E-state index contributed by atoms with van der Waals surface area (Å²) in [6.07, 6.45) is 9.89. The molecule has 0 bridgehead atoms. The standard InChI is InChI=1S/C12H27FSi/c1-3-5-7-9-11-14(13)12-10-8-6-4-2/h14H,3-12H2,1-2H3. The van der Waals surface area contributed by atoms with Gasteiger partial charge in [0.15, 0.2) is 0 Å². The minimum Gasteiger partial charge on any atom is -0.318 e. The Morgan fingerprint density at radius 2 is 1.14 bits per heavy atom. The Hall–Kier alpha value is 0.147. The van der Waals surface area contributed by atoms with Crippen molar-refractivity contribution in [2.75, 3.05) is 0 Å². The fourth-order valence-corrected chi connectivity index (χ4v) is 3.48. The normalized spacial score (nSPS) is 11.1. The van der Waals surface area contributed by atoms with Crippen LogP contribution in [0.5, 0.6) is 0 Å². The van der Waals surface area contributed by atoms with Gasteiger partial charge in [-0.1, -0.05) is 65.2 Å². The molecule has 0 amide bonds. The van der Waals surface area contributed by atoms with Gasteiger partial charge in [0.1, 0.15) is 0 Å².